The quantitative estimate of drug-likeness (QED) is 0.0864. The number of carbonyl (C=O) groups is 2. The highest BCUT2D eigenvalue weighted by atomic mass is 16.5. The van der Waals surface area contributed by atoms with E-state index in [4.69, 9.17) is 9.84 Å². The van der Waals surface area contributed by atoms with Crippen LogP contribution in [0.5, 0.6) is 0 Å². The maximum absolute atomic E-state index is 12.0. The van der Waals surface area contributed by atoms with Crippen molar-refractivity contribution in [1.82, 2.24) is 0 Å². The van der Waals surface area contributed by atoms with Crippen molar-refractivity contribution in [3.63, 3.8) is 0 Å². The highest BCUT2D eigenvalue weighted by molar-refractivity contribution is 5.69. The Bertz CT molecular complexity index is 463. The molecule has 1 N–H and O–H groups in total. The molecular formula is C31H60O4. The third kappa shape index (κ3) is 27.4. The Labute approximate surface area is 218 Å². The van der Waals surface area contributed by atoms with Crippen LogP contribution in [-0.4, -0.2) is 23.1 Å². The fourth-order valence-corrected chi connectivity index (χ4v) is 4.77. The predicted octanol–water partition coefficient (Wildman–Crippen LogP) is 10.2. The molecule has 0 fully saturated rings. The molecule has 0 aliphatic rings. The molecule has 0 radical (unpaired) electrons. The van der Waals surface area contributed by atoms with Gasteiger partial charge in [0.05, 0.1) is 0 Å². The van der Waals surface area contributed by atoms with Gasteiger partial charge in [0.2, 0.25) is 0 Å². The van der Waals surface area contributed by atoms with E-state index >= 15 is 0 Å². The second-order valence-electron chi connectivity index (χ2n) is 10.6. The molecule has 0 aromatic heterocycles. The van der Waals surface area contributed by atoms with Gasteiger partial charge in [0.15, 0.2) is 0 Å². The average Bonchev–Trinajstić information content (AvgIpc) is 2.84. The van der Waals surface area contributed by atoms with Gasteiger partial charge in [0, 0.05) is 12.8 Å². The van der Waals surface area contributed by atoms with Crippen molar-refractivity contribution in [2.75, 3.05) is 0 Å². The van der Waals surface area contributed by atoms with E-state index in [0.717, 1.165) is 19.3 Å². The third-order valence-electron chi connectivity index (χ3n) is 7.15. The van der Waals surface area contributed by atoms with Crippen LogP contribution in [0.4, 0.5) is 0 Å². The van der Waals surface area contributed by atoms with E-state index < -0.39 is 5.97 Å². The lowest BCUT2D eigenvalue weighted by atomic mass is 10.0. The van der Waals surface area contributed by atoms with Crippen molar-refractivity contribution >= 4 is 11.9 Å². The van der Waals surface area contributed by atoms with E-state index in [-0.39, 0.29) is 18.5 Å². The number of ether oxygens (including phenoxy) is 1. The standard InChI is InChI=1S/C31H60O4/c1-3-5-6-7-8-9-10-11-12-13-14-15-16-17-18-19-20-21-22-23-24-28-31(34)35-29(4-2)26-25-27-30(32)33/h29H,3-28H2,1-2H3,(H,32,33). The van der Waals surface area contributed by atoms with E-state index in [1.54, 1.807) is 0 Å². The lowest BCUT2D eigenvalue weighted by Crippen LogP contribution is -2.17. The molecule has 0 bridgehead atoms. The van der Waals surface area contributed by atoms with Crippen LogP contribution < -0.4 is 0 Å². The maximum atomic E-state index is 12.0. The molecule has 1 atom stereocenters. The molecular weight excluding hydrogens is 436 g/mol. The second-order valence-corrected chi connectivity index (χ2v) is 10.6. The average molecular weight is 497 g/mol. The molecule has 0 aromatic rings. The first-order chi connectivity index (χ1) is 17.1. The summed E-state index contributed by atoms with van der Waals surface area (Å²) >= 11 is 0. The molecule has 4 nitrogen and oxygen atoms in total. The van der Waals surface area contributed by atoms with Crippen molar-refractivity contribution in [2.24, 2.45) is 0 Å². The minimum Gasteiger partial charge on any atom is -0.481 e. The van der Waals surface area contributed by atoms with E-state index in [9.17, 15) is 9.59 Å². The summed E-state index contributed by atoms with van der Waals surface area (Å²) in [6.07, 6.45) is 31.0. The first kappa shape index (κ1) is 33.9. The predicted molar refractivity (Wildman–Crippen MR) is 149 cm³/mol. The number of rotatable bonds is 28. The molecule has 0 amide bonds. The molecule has 0 heterocycles. The van der Waals surface area contributed by atoms with Crippen molar-refractivity contribution < 1.29 is 19.4 Å². The van der Waals surface area contributed by atoms with Crippen LogP contribution in [0.1, 0.15) is 181 Å². The van der Waals surface area contributed by atoms with Gasteiger partial charge in [-0.05, 0) is 25.7 Å². The molecule has 0 aliphatic carbocycles. The molecule has 0 rings (SSSR count). The van der Waals surface area contributed by atoms with Gasteiger partial charge in [-0.15, -0.1) is 0 Å². The Morgan fingerprint density at radius 2 is 0.914 bits per heavy atom. The molecule has 0 saturated carbocycles. The number of hydrogen-bond donors (Lipinski definition) is 1. The number of carboxylic acids is 1. The Balaban J connectivity index is 3.27. The lowest BCUT2D eigenvalue weighted by molar-refractivity contribution is -0.149. The normalized spacial score (nSPS) is 12.1. The summed E-state index contributed by atoms with van der Waals surface area (Å²) in [5, 5.41) is 8.71. The minimum atomic E-state index is -0.786. The molecule has 0 aromatic carbocycles. The largest absolute Gasteiger partial charge is 0.481 e. The topological polar surface area (TPSA) is 63.6 Å². The van der Waals surface area contributed by atoms with E-state index in [1.165, 1.54) is 122 Å². The summed E-state index contributed by atoms with van der Waals surface area (Å²) in [5.74, 6) is -0.907. The summed E-state index contributed by atoms with van der Waals surface area (Å²) in [6.45, 7) is 4.27. The zero-order valence-electron chi connectivity index (χ0n) is 23.6. The van der Waals surface area contributed by atoms with Crippen molar-refractivity contribution in [2.45, 2.75) is 187 Å². The fraction of sp³-hybridized carbons (Fsp3) is 0.935. The lowest BCUT2D eigenvalue weighted by Gasteiger charge is -2.15. The van der Waals surface area contributed by atoms with Crippen molar-refractivity contribution in [3.05, 3.63) is 0 Å². The maximum Gasteiger partial charge on any atom is 0.306 e. The molecule has 1 unspecified atom stereocenters. The number of aliphatic carboxylic acids is 1. The Morgan fingerprint density at radius 1 is 0.543 bits per heavy atom. The zero-order chi connectivity index (χ0) is 25.8. The smallest absolute Gasteiger partial charge is 0.306 e. The van der Waals surface area contributed by atoms with Crippen LogP contribution >= 0.6 is 0 Å². The first-order valence-corrected chi connectivity index (χ1v) is 15.5. The number of esters is 1. The molecule has 208 valence electrons. The van der Waals surface area contributed by atoms with Crippen LogP contribution in [0.15, 0.2) is 0 Å². The van der Waals surface area contributed by atoms with Gasteiger partial charge in [-0.3, -0.25) is 9.59 Å². The van der Waals surface area contributed by atoms with Gasteiger partial charge >= 0.3 is 11.9 Å². The van der Waals surface area contributed by atoms with Crippen LogP contribution in [0.25, 0.3) is 0 Å². The summed E-state index contributed by atoms with van der Waals surface area (Å²) in [6, 6.07) is 0. The number of carbonyl (C=O) groups excluding carboxylic acids is 1. The second kappa shape index (κ2) is 27.5. The van der Waals surface area contributed by atoms with Gasteiger partial charge in [0.1, 0.15) is 6.10 Å². The van der Waals surface area contributed by atoms with Gasteiger partial charge in [-0.25, -0.2) is 0 Å². The Hall–Kier alpha value is -1.06. The van der Waals surface area contributed by atoms with E-state index in [2.05, 4.69) is 6.92 Å². The van der Waals surface area contributed by atoms with Gasteiger partial charge in [0.25, 0.3) is 0 Å². The summed E-state index contributed by atoms with van der Waals surface area (Å²) < 4.78 is 5.49. The fourth-order valence-electron chi connectivity index (χ4n) is 4.77. The monoisotopic (exact) mass is 496 g/mol. The first-order valence-electron chi connectivity index (χ1n) is 15.5. The molecule has 0 saturated heterocycles. The molecule has 0 spiro atoms. The zero-order valence-corrected chi connectivity index (χ0v) is 23.6. The number of carboxylic acid groups (broad SMARTS) is 1. The SMILES string of the molecule is CCCCCCCCCCCCCCCCCCCCCCCC(=O)OC(CC)CCCC(=O)O. The van der Waals surface area contributed by atoms with Crippen molar-refractivity contribution in [3.8, 4) is 0 Å². The van der Waals surface area contributed by atoms with Gasteiger partial charge < -0.3 is 9.84 Å². The van der Waals surface area contributed by atoms with Crippen LogP contribution in [0, 0.1) is 0 Å². The molecule has 0 aliphatic heterocycles. The Kier molecular flexibility index (Phi) is 26.7. The van der Waals surface area contributed by atoms with Gasteiger partial charge in [-0.1, -0.05) is 142 Å². The summed E-state index contributed by atoms with van der Waals surface area (Å²) in [5.41, 5.74) is 0. The highest BCUT2D eigenvalue weighted by Gasteiger charge is 2.13. The van der Waals surface area contributed by atoms with Crippen LogP contribution in [-0.2, 0) is 14.3 Å². The molecule has 4 heteroatoms. The van der Waals surface area contributed by atoms with E-state index in [0.29, 0.717) is 19.3 Å². The molecule has 35 heavy (non-hydrogen) atoms. The van der Waals surface area contributed by atoms with Gasteiger partial charge in [-0.2, -0.15) is 0 Å². The minimum absolute atomic E-state index is 0.120. The van der Waals surface area contributed by atoms with Crippen molar-refractivity contribution in [1.29, 1.82) is 0 Å². The van der Waals surface area contributed by atoms with Crippen LogP contribution in [0.2, 0.25) is 0 Å². The summed E-state index contributed by atoms with van der Waals surface area (Å²) in [7, 11) is 0. The van der Waals surface area contributed by atoms with E-state index in [1.807, 2.05) is 6.92 Å². The van der Waals surface area contributed by atoms with Crippen LogP contribution in [0.3, 0.4) is 0 Å². The summed E-state index contributed by atoms with van der Waals surface area (Å²) in [4.78, 5) is 22.6. The number of unbranched alkanes of at least 4 members (excludes halogenated alkanes) is 20. The highest BCUT2D eigenvalue weighted by Crippen LogP contribution is 2.16. The Morgan fingerprint density at radius 3 is 1.26 bits per heavy atom. The number of hydrogen-bond acceptors (Lipinski definition) is 3. The third-order valence-corrected chi connectivity index (χ3v) is 7.15.